The minimum atomic E-state index is -0.360. The zero-order valence-electron chi connectivity index (χ0n) is 16.7. The van der Waals surface area contributed by atoms with E-state index in [2.05, 4.69) is 43.3 Å². The molecule has 0 saturated carbocycles. The number of pyridine rings is 1. The van der Waals surface area contributed by atoms with Crippen LogP contribution in [0.5, 0.6) is 0 Å². The van der Waals surface area contributed by atoms with Crippen molar-refractivity contribution < 1.29 is 9.53 Å². The summed E-state index contributed by atoms with van der Waals surface area (Å²) in [7, 11) is 0. The Morgan fingerprint density at radius 3 is 2.50 bits per heavy atom. The molecule has 0 atom stereocenters. The Kier molecular flexibility index (Phi) is 5.92. The zero-order chi connectivity index (χ0) is 20.5. The maximum atomic E-state index is 12.1. The van der Waals surface area contributed by atoms with Crippen LogP contribution < -0.4 is 0 Å². The number of nitrogens with zero attached hydrogens (tertiary/aromatic N) is 1. The highest BCUT2D eigenvalue weighted by Gasteiger charge is 2.17. The molecule has 3 rings (SSSR count). The minimum absolute atomic E-state index is 0.000165. The van der Waals surface area contributed by atoms with Crippen molar-refractivity contribution in [3.8, 4) is 21.6 Å². The summed E-state index contributed by atoms with van der Waals surface area (Å²) in [4.78, 5) is 17.7. The minimum Gasteiger partial charge on any atom is -0.459 e. The van der Waals surface area contributed by atoms with Crippen LogP contribution in [-0.4, -0.2) is 17.1 Å². The summed E-state index contributed by atoms with van der Waals surface area (Å²) in [6.07, 6.45) is 1.70. The van der Waals surface area contributed by atoms with Gasteiger partial charge in [-0.3, -0.25) is 4.98 Å². The first-order chi connectivity index (χ1) is 13.1. The number of aromatic nitrogens is 1. The van der Waals surface area contributed by atoms with Gasteiger partial charge in [-0.2, -0.15) is 0 Å². The van der Waals surface area contributed by atoms with Crippen molar-refractivity contribution in [2.24, 2.45) is 0 Å². The van der Waals surface area contributed by atoms with E-state index in [1.54, 1.807) is 23.5 Å². The Morgan fingerprint density at radius 2 is 1.86 bits per heavy atom. The highest BCUT2D eigenvalue weighted by molar-refractivity contribution is 7.14. The lowest BCUT2D eigenvalue weighted by Gasteiger charge is -2.17. The monoisotopic (exact) mass is 413 g/mol. The Hall–Kier alpha value is -2.17. The number of thiophene rings is 1. The predicted octanol–water partition coefficient (Wildman–Crippen LogP) is 6.99. The van der Waals surface area contributed by atoms with E-state index < -0.39 is 0 Å². The van der Waals surface area contributed by atoms with Crippen LogP contribution in [0.1, 0.15) is 50.7 Å². The first-order valence-electron chi connectivity index (χ1n) is 9.21. The number of ether oxygens (including phenoxy) is 1. The largest absolute Gasteiger partial charge is 0.459 e. The van der Waals surface area contributed by atoms with Crippen molar-refractivity contribution in [3.05, 3.63) is 64.3 Å². The van der Waals surface area contributed by atoms with E-state index in [0.717, 1.165) is 27.3 Å². The maximum absolute atomic E-state index is 12.1. The molecule has 0 aliphatic heterocycles. The quantitative estimate of drug-likeness (QED) is 0.432. The van der Waals surface area contributed by atoms with Gasteiger partial charge in [0.2, 0.25) is 0 Å². The number of hydrogen-bond acceptors (Lipinski definition) is 4. The van der Waals surface area contributed by atoms with Gasteiger partial charge >= 0.3 is 5.97 Å². The maximum Gasteiger partial charge on any atom is 0.338 e. The molecular formula is C23H24ClNO2S. The molecule has 0 bridgehead atoms. The molecule has 0 aliphatic carbocycles. The fraction of sp³-hybridized carbons (Fsp3) is 0.304. The first kappa shape index (κ1) is 20.6. The first-order valence-corrected chi connectivity index (χ1v) is 10.5. The predicted molar refractivity (Wildman–Crippen MR) is 117 cm³/mol. The van der Waals surface area contributed by atoms with Crippen LogP contribution in [0.2, 0.25) is 5.02 Å². The Bertz CT molecular complexity index is 1000. The molecule has 3 aromatic rings. The molecule has 2 heterocycles. The summed E-state index contributed by atoms with van der Waals surface area (Å²) < 4.78 is 5.24. The molecule has 0 unspecified atom stereocenters. The van der Waals surface area contributed by atoms with Crippen molar-refractivity contribution in [2.75, 3.05) is 0 Å². The molecule has 0 spiro atoms. The second kappa shape index (κ2) is 8.06. The second-order valence-electron chi connectivity index (χ2n) is 8.03. The molecule has 0 radical (unpaired) electrons. The van der Waals surface area contributed by atoms with E-state index in [9.17, 15) is 4.79 Å². The molecule has 28 heavy (non-hydrogen) atoms. The lowest BCUT2D eigenvalue weighted by atomic mass is 9.90. The SMILES string of the molecule is CC(C)OC(=O)c1ccc(-c2csc(-c3ccnc(C(C)(C)C)c3)c2)c(Cl)c1. The summed E-state index contributed by atoms with van der Waals surface area (Å²) >= 11 is 8.14. The van der Waals surface area contributed by atoms with Crippen LogP contribution >= 0.6 is 22.9 Å². The van der Waals surface area contributed by atoms with Gasteiger partial charge in [-0.1, -0.05) is 38.4 Å². The van der Waals surface area contributed by atoms with Gasteiger partial charge in [0.05, 0.1) is 11.7 Å². The molecule has 0 fully saturated rings. The number of rotatable bonds is 4. The number of benzene rings is 1. The summed E-state index contributed by atoms with van der Waals surface area (Å²) in [5, 5.41) is 2.62. The Morgan fingerprint density at radius 1 is 1.11 bits per heavy atom. The number of hydrogen-bond donors (Lipinski definition) is 0. The topological polar surface area (TPSA) is 39.2 Å². The van der Waals surface area contributed by atoms with Crippen LogP contribution in [0, 0.1) is 0 Å². The molecular weight excluding hydrogens is 390 g/mol. The highest BCUT2D eigenvalue weighted by Crippen LogP contribution is 2.37. The van der Waals surface area contributed by atoms with Crippen molar-refractivity contribution in [1.29, 1.82) is 0 Å². The van der Waals surface area contributed by atoms with Gasteiger partial charge in [0.25, 0.3) is 0 Å². The summed E-state index contributed by atoms with van der Waals surface area (Å²) in [6.45, 7) is 10.1. The van der Waals surface area contributed by atoms with Crippen LogP contribution in [0.25, 0.3) is 21.6 Å². The van der Waals surface area contributed by atoms with E-state index in [1.807, 2.05) is 32.2 Å². The van der Waals surface area contributed by atoms with Gasteiger partial charge in [-0.25, -0.2) is 4.79 Å². The van der Waals surface area contributed by atoms with E-state index in [1.165, 1.54) is 0 Å². The highest BCUT2D eigenvalue weighted by atomic mass is 35.5. The van der Waals surface area contributed by atoms with Gasteiger partial charge < -0.3 is 4.74 Å². The van der Waals surface area contributed by atoms with Gasteiger partial charge in [0.1, 0.15) is 0 Å². The molecule has 0 amide bonds. The van der Waals surface area contributed by atoms with E-state index >= 15 is 0 Å². The number of carbonyl (C=O) groups excluding carboxylic acids is 1. The fourth-order valence-corrected chi connectivity index (χ4v) is 3.98. The van der Waals surface area contributed by atoms with Gasteiger partial charge in [0, 0.05) is 32.8 Å². The summed E-state index contributed by atoms with van der Waals surface area (Å²) in [5.74, 6) is -0.360. The van der Waals surface area contributed by atoms with Crippen LogP contribution in [-0.2, 0) is 10.2 Å². The van der Waals surface area contributed by atoms with Gasteiger partial charge in [0.15, 0.2) is 0 Å². The Labute approximate surface area is 175 Å². The number of carbonyl (C=O) groups is 1. The van der Waals surface area contributed by atoms with Gasteiger partial charge in [-0.05, 0) is 60.7 Å². The normalized spacial score (nSPS) is 11.7. The fourth-order valence-electron chi connectivity index (χ4n) is 2.78. The number of esters is 1. The molecule has 1 aromatic carbocycles. The lowest BCUT2D eigenvalue weighted by molar-refractivity contribution is 0.0378. The average molecular weight is 414 g/mol. The Balaban J connectivity index is 1.89. The van der Waals surface area contributed by atoms with Crippen LogP contribution in [0.15, 0.2) is 48.0 Å². The molecule has 146 valence electrons. The smallest absolute Gasteiger partial charge is 0.338 e. The standard InChI is InChI=1S/C23H24ClNO2S/c1-14(2)27-22(26)16-6-7-18(19(24)10-16)17-11-20(28-13-17)15-8-9-25-21(12-15)23(3,4)5/h6-14H,1-5H3. The third-order valence-corrected chi connectivity index (χ3v) is 5.56. The molecule has 3 nitrogen and oxygen atoms in total. The van der Waals surface area contributed by atoms with E-state index in [4.69, 9.17) is 16.3 Å². The van der Waals surface area contributed by atoms with Crippen molar-refractivity contribution in [2.45, 2.75) is 46.1 Å². The molecule has 2 aromatic heterocycles. The lowest BCUT2D eigenvalue weighted by Crippen LogP contribution is -2.13. The summed E-state index contributed by atoms with van der Waals surface area (Å²) in [5.41, 5.74) is 4.59. The summed E-state index contributed by atoms with van der Waals surface area (Å²) in [6, 6.07) is 11.6. The third kappa shape index (κ3) is 4.62. The molecule has 0 saturated heterocycles. The van der Waals surface area contributed by atoms with Crippen LogP contribution in [0.4, 0.5) is 0 Å². The average Bonchev–Trinajstić information content (AvgIpc) is 3.10. The van der Waals surface area contributed by atoms with Crippen molar-refractivity contribution in [3.63, 3.8) is 0 Å². The van der Waals surface area contributed by atoms with Crippen molar-refractivity contribution in [1.82, 2.24) is 4.98 Å². The molecule has 0 aliphatic rings. The molecule has 0 N–H and O–H groups in total. The van der Waals surface area contributed by atoms with Crippen molar-refractivity contribution >= 4 is 28.9 Å². The third-order valence-electron chi connectivity index (χ3n) is 4.27. The van der Waals surface area contributed by atoms with E-state index in [-0.39, 0.29) is 17.5 Å². The number of halogens is 1. The zero-order valence-corrected chi connectivity index (χ0v) is 18.3. The molecule has 5 heteroatoms. The van der Waals surface area contributed by atoms with Gasteiger partial charge in [-0.15, -0.1) is 11.3 Å². The van der Waals surface area contributed by atoms with Crippen LogP contribution in [0.3, 0.4) is 0 Å². The second-order valence-corrected chi connectivity index (χ2v) is 9.35. The van der Waals surface area contributed by atoms with E-state index in [0.29, 0.717) is 10.6 Å².